The van der Waals surface area contributed by atoms with Crippen molar-refractivity contribution in [1.82, 2.24) is 5.32 Å². The van der Waals surface area contributed by atoms with Gasteiger partial charge in [0.15, 0.2) is 17.0 Å². The van der Waals surface area contributed by atoms with Gasteiger partial charge in [-0.15, -0.1) is 0 Å². The van der Waals surface area contributed by atoms with E-state index in [0.29, 0.717) is 35.5 Å². The summed E-state index contributed by atoms with van der Waals surface area (Å²) in [6.45, 7) is 0. The number of benzene rings is 2. The highest BCUT2D eigenvalue weighted by molar-refractivity contribution is 5.99. The fourth-order valence-corrected chi connectivity index (χ4v) is 3.26. The summed E-state index contributed by atoms with van der Waals surface area (Å²) >= 11 is 0. The molecule has 0 heterocycles. The Kier molecular flexibility index (Phi) is 4.35. The molecule has 0 radical (unpaired) electrons. The predicted molar refractivity (Wildman–Crippen MR) is 91.1 cm³/mol. The Labute approximate surface area is 145 Å². The van der Waals surface area contributed by atoms with Crippen LogP contribution in [0.25, 0.3) is 0 Å². The summed E-state index contributed by atoms with van der Waals surface area (Å²) in [5, 5.41) is 12.5. The van der Waals surface area contributed by atoms with Gasteiger partial charge in [0.1, 0.15) is 0 Å². The van der Waals surface area contributed by atoms with Crippen molar-refractivity contribution in [2.75, 3.05) is 14.2 Å². The first-order valence-corrected chi connectivity index (χ1v) is 7.88. The van der Waals surface area contributed by atoms with Crippen LogP contribution in [0, 0.1) is 0 Å². The van der Waals surface area contributed by atoms with Crippen LogP contribution in [0.3, 0.4) is 0 Å². The number of carboxylic acid groups (broad SMARTS) is 1. The van der Waals surface area contributed by atoms with Gasteiger partial charge in [-0.2, -0.15) is 0 Å². The average molecular weight is 341 g/mol. The molecule has 0 aliphatic heterocycles. The lowest BCUT2D eigenvalue weighted by Gasteiger charge is -2.27. The Morgan fingerprint density at radius 1 is 1.08 bits per heavy atom. The van der Waals surface area contributed by atoms with Crippen molar-refractivity contribution in [3.05, 3.63) is 59.2 Å². The molecule has 1 atom stereocenters. The number of aryl methyl sites for hydroxylation is 1. The summed E-state index contributed by atoms with van der Waals surface area (Å²) in [6.07, 6.45) is 0.926. The van der Waals surface area contributed by atoms with Gasteiger partial charge in [-0.3, -0.25) is 4.79 Å². The zero-order valence-electron chi connectivity index (χ0n) is 14.0. The van der Waals surface area contributed by atoms with E-state index < -0.39 is 17.4 Å². The SMILES string of the molecule is COc1ccc(C(=O)N[C@]2(C(=O)O)CCc3ccccc32)cc1OC. The fraction of sp³-hybridized carbons (Fsp3) is 0.263. The highest BCUT2D eigenvalue weighted by Gasteiger charge is 2.46. The number of carboxylic acids is 1. The third kappa shape index (κ3) is 2.80. The third-order valence-corrected chi connectivity index (χ3v) is 4.58. The standard InChI is InChI=1S/C19H19NO5/c1-24-15-8-7-13(11-16(15)25-2)17(21)20-19(18(22)23)10-9-12-5-3-4-6-14(12)19/h3-8,11H,9-10H2,1-2H3,(H,20,21)(H,22,23)/t19-/m1/s1. The molecule has 1 aliphatic carbocycles. The fourth-order valence-electron chi connectivity index (χ4n) is 3.26. The van der Waals surface area contributed by atoms with Gasteiger partial charge in [-0.1, -0.05) is 24.3 Å². The molecule has 25 heavy (non-hydrogen) atoms. The van der Waals surface area contributed by atoms with Crippen LogP contribution in [0.15, 0.2) is 42.5 Å². The van der Waals surface area contributed by atoms with E-state index in [1.54, 1.807) is 24.3 Å². The summed E-state index contributed by atoms with van der Waals surface area (Å²) in [5.41, 5.74) is 0.470. The monoisotopic (exact) mass is 341 g/mol. The van der Waals surface area contributed by atoms with Gasteiger partial charge in [0.25, 0.3) is 5.91 Å². The van der Waals surface area contributed by atoms with Crippen molar-refractivity contribution in [2.45, 2.75) is 18.4 Å². The first-order chi connectivity index (χ1) is 12.0. The number of fused-ring (bicyclic) bond motifs is 1. The molecular formula is C19H19NO5. The van der Waals surface area contributed by atoms with Crippen LogP contribution in [0.2, 0.25) is 0 Å². The van der Waals surface area contributed by atoms with Crippen molar-refractivity contribution in [2.24, 2.45) is 0 Å². The first kappa shape index (κ1) is 16.8. The number of nitrogens with one attached hydrogen (secondary N) is 1. The summed E-state index contributed by atoms with van der Waals surface area (Å²) in [4.78, 5) is 24.7. The zero-order chi connectivity index (χ0) is 18.0. The Morgan fingerprint density at radius 2 is 1.80 bits per heavy atom. The molecule has 130 valence electrons. The van der Waals surface area contributed by atoms with Crippen LogP contribution in [-0.4, -0.2) is 31.2 Å². The molecule has 0 fully saturated rings. The number of carbonyl (C=O) groups excluding carboxylic acids is 1. The average Bonchev–Trinajstić information content (AvgIpc) is 3.01. The second-order valence-corrected chi connectivity index (χ2v) is 5.89. The van der Waals surface area contributed by atoms with Crippen LogP contribution < -0.4 is 14.8 Å². The van der Waals surface area contributed by atoms with Gasteiger partial charge in [0.2, 0.25) is 0 Å². The summed E-state index contributed by atoms with van der Waals surface area (Å²) in [5.74, 6) is -0.629. The van der Waals surface area contributed by atoms with Crippen molar-refractivity contribution >= 4 is 11.9 Å². The number of ether oxygens (including phenoxy) is 2. The lowest BCUT2D eigenvalue weighted by atomic mass is 9.91. The number of methoxy groups -OCH3 is 2. The Bertz CT molecular complexity index is 832. The minimum absolute atomic E-state index is 0.308. The number of amides is 1. The molecule has 2 aromatic carbocycles. The molecule has 1 amide bonds. The topological polar surface area (TPSA) is 84.9 Å². The number of carbonyl (C=O) groups is 2. The number of rotatable bonds is 5. The van der Waals surface area contributed by atoms with E-state index in [1.807, 2.05) is 12.1 Å². The second-order valence-electron chi connectivity index (χ2n) is 5.89. The van der Waals surface area contributed by atoms with E-state index >= 15 is 0 Å². The van der Waals surface area contributed by atoms with Crippen LogP contribution in [-0.2, 0) is 16.8 Å². The molecule has 6 nitrogen and oxygen atoms in total. The van der Waals surface area contributed by atoms with Gasteiger partial charge in [0, 0.05) is 5.56 Å². The van der Waals surface area contributed by atoms with Gasteiger partial charge < -0.3 is 19.9 Å². The van der Waals surface area contributed by atoms with Crippen molar-refractivity contribution in [3.63, 3.8) is 0 Å². The highest BCUT2D eigenvalue weighted by atomic mass is 16.5. The number of hydrogen-bond donors (Lipinski definition) is 2. The minimum atomic E-state index is -1.42. The van der Waals surface area contributed by atoms with Crippen molar-refractivity contribution in [3.8, 4) is 11.5 Å². The quantitative estimate of drug-likeness (QED) is 0.872. The van der Waals surface area contributed by atoms with Crippen LogP contribution in [0.5, 0.6) is 11.5 Å². The van der Waals surface area contributed by atoms with Gasteiger partial charge in [-0.05, 0) is 42.2 Å². The number of hydrogen-bond acceptors (Lipinski definition) is 4. The molecular weight excluding hydrogens is 322 g/mol. The maximum atomic E-state index is 12.7. The van der Waals surface area contributed by atoms with Gasteiger partial charge >= 0.3 is 5.97 Å². The van der Waals surface area contributed by atoms with E-state index in [9.17, 15) is 14.7 Å². The zero-order valence-corrected chi connectivity index (χ0v) is 14.0. The van der Waals surface area contributed by atoms with Crippen molar-refractivity contribution in [1.29, 1.82) is 0 Å². The normalized spacial score (nSPS) is 18.3. The molecule has 2 N–H and O–H groups in total. The third-order valence-electron chi connectivity index (χ3n) is 4.58. The van der Waals surface area contributed by atoms with E-state index in [4.69, 9.17) is 9.47 Å². The van der Waals surface area contributed by atoms with Crippen LogP contribution in [0.4, 0.5) is 0 Å². The Hall–Kier alpha value is -3.02. The Morgan fingerprint density at radius 3 is 2.48 bits per heavy atom. The number of aliphatic carboxylic acids is 1. The molecule has 0 unspecified atom stereocenters. The van der Waals surface area contributed by atoms with Crippen molar-refractivity contribution < 1.29 is 24.2 Å². The molecule has 0 bridgehead atoms. The molecule has 2 aromatic rings. The lowest BCUT2D eigenvalue weighted by molar-refractivity contribution is -0.144. The summed E-state index contributed by atoms with van der Waals surface area (Å²) in [7, 11) is 2.98. The Balaban J connectivity index is 1.95. The molecule has 1 aliphatic rings. The smallest absolute Gasteiger partial charge is 0.334 e. The van der Waals surface area contributed by atoms with Crippen LogP contribution in [0.1, 0.15) is 27.9 Å². The lowest BCUT2D eigenvalue weighted by Crippen LogP contribution is -2.50. The van der Waals surface area contributed by atoms with E-state index in [-0.39, 0.29) is 0 Å². The summed E-state index contributed by atoms with van der Waals surface area (Å²) in [6, 6.07) is 12.0. The van der Waals surface area contributed by atoms with Gasteiger partial charge in [0.05, 0.1) is 14.2 Å². The van der Waals surface area contributed by atoms with Crippen LogP contribution >= 0.6 is 0 Å². The molecule has 0 spiro atoms. The maximum absolute atomic E-state index is 12.7. The molecule has 0 saturated heterocycles. The molecule has 0 saturated carbocycles. The molecule has 0 aromatic heterocycles. The second kappa shape index (κ2) is 6.47. The minimum Gasteiger partial charge on any atom is -0.493 e. The maximum Gasteiger partial charge on any atom is 0.334 e. The predicted octanol–water partition coefficient (Wildman–Crippen LogP) is 2.36. The van der Waals surface area contributed by atoms with E-state index in [2.05, 4.69) is 5.32 Å². The highest BCUT2D eigenvalue weighted by Crippen LogP contribution is 2.37. The summed E-state index contributed by atoms with van der Waals surface area (Å²) < 4.78 is 10.4. The molecule has 6 heteroatoms. The first-order valence-electron chi connectivity index (χ1n) is 7.88. The van der Waals surface area contributed by atoms with E-state index in [0.717, 1.165) is 5.56 Å². The molecule has 3 rings (SSSR count). The largest absolute Gasteiger partial charge is 0.493 e. The van der Waals surface area contributed by atoms with Gasteiger partial charge in [-0.25, -0.2) is 4.79 Å². The van der Waals surface area contributed by atoms with E-state index in [1.165, 1.54) is 20.3 Å².